The Labute approximate surface area is 221 Å². The molecular weight excluding hydrogens is 476 g/mol. The van der Waals surface area contributed by atoms with Gasteiger partial charge >= 0.3 is 6.09 Å². The second-order valence-electron chi connectivity index (χ2n) is 9.39. The number of carbonyl (C=O) groups excluding carboxylic acids is 1. The Balaban J connectivity index is 1.44. The topological polar surface area (TPSA) is 88.2 Å². The molecule has 1 amide bonds. The number of carbonyl (C=O) groups is 1. The molecule has 38 heavy (non-hydrogen) atoms. The van der Waals surface area contributed by atoms with E-state index in [9.17, 15) is 14.9 Å². The number of nitriles is 1. The Kier molecular flexibility index (Phi) is 7.32. The van der Waals surface area contributed by atoms with Crippen LogP contribution in [0.1, 0.15) is 35.6 Å². The van der Waals surface area contributed by atoms with Crippen LogP contribution >= 0.6 is 0 Å². The van der Waals surface area contributed by atoms with Crippen molar-refractivity contribution in [2.45, 2.75) is 32.4 Å². The summed E-state index contributed by atoms with van der Waals surface area (Å²) < 4.78 is 7.28. The minimum Gasteiger partial charge on any atom is -0.445 e. The van der Waals surface area contributed by atoms with Gasteiger partial charge in [0.05, 0.1) is 22.9 Å². The van der Waals surface area contributed by atoms with Crippen LogP contribution in [0.15, 0.2) is 90.0 Å². The van der Waals surface area contributed by atoms with E-state index in [4.69, 9.17) is 4.74 Å². The number of hydrogen-bond donors (Lipinski definition) is 0. The lowest BCUT2D eigenvalue weighted by atomic mass is 9.93. The van der Waals surface area contributed by atoms with Gasteiger partial charge in [0.1, 0.15) is 6.61 Å². The number of amides is 1. The van der Waals surface area contributed by atoms with Gasteiger partial charge in [0.2, 0.25) is 0 Å². The Morgan fingerprint density at radius 2 is 1.71 bits per heavy atom. The average Bonchev–Trinajstić information content (AvgIpc) is 2.97. The summed E-state index contributed by atoms with van der Waals surface area (Å²) in [5, 5.41) is 9.74. The van der Waals surface area contributed by atoms with Crippen molar-refractivity contribution in [1.29, 1.82) is 5.26 Å². The van der Waals surface area contributed by atoms with Gasteiger partial charge in [0.15, 0.2) is 0 Å². The molecule has 7 nitrogen and oxygen atoms in total. The Morgan fingerprint density at radius 3 is 2.42 bits per heavy atom. The summed E-state index contributed by atoms with van der Waals surface area (Å²) in [7, 11) is 0. The van der Waals surface area contributed by atoms with Gasteiger partial charge in [-0.25, -0.2) is 4.79 Å². The normalized spacial score (nSPS) is 13.6. The maximum Gasteiger partial charge on any atom is 0.410 e. The summed E-state index contributed by atoms with van der Waals surface area (Å²) in [5.74, 6) is 0. The van der Waals surface area contributed by atoms with E-state index >= 15 is 0 Å². The van der Waals surface area contributed by atoms with Crippen LogP contribution in [-0.4, -0.2) is 33.6 Å². The van der Waals surface area contributed by atoms with Crippen molar-refractivity contribution in [3.63, 3.8) is 0 Å². The van der Waals surface area contributed by atoms with Crippen molar-refractivity contribution in [3.8, 4) is 28.5 Å². The minimum atomic E-state index is -0.346. The Morgan fingerprint density at radius 1 is 1.00 bits per heavy atom. The number of ether oxygens (including phenoxy) is 1. The van der Waals surface area contributed by atoms with Crippen LogP contribution in [0.4, 0.5) is 4.79 Å². The van der Waals surface area contributed by atoms with E-state index in [0.29, 0.717) is 42.6 Å². The monoisotopic (exact) mass is 504 g/mol. The highest BCUT2D eigenvalue weighted by atomic mass is 16.6. The number of aromatic nitrogens is 2. The molecule has 2 aromatic heterocycles. The van der Waals surface area contributed by atoms with E-state index in [2.05, 4.69) is 11.1 Å². The molecule has 0 aliphatic carbocycles. The first-order valence-electron chi connectivity index (χ1n) is 12.7. The number of nitrogens with zero attached hydrogens (tertiary/aromatic N) is 4. The molecule has 0 unspecified atom stereocenters. The predicted molar refractivity (Wildman–Crippen MR) is 145 cm³/mol. The van der Waals surface area contributed by atoms with Gasteiger partial charge in [0.25, 0.3) is 5.56 Å². The van der Waals surface area contributed by atoms with Crippen LogP contribution in [0, 0.1) is 18.3 Å². The first-order valence-corrected chi connectivity index (χ1v) is 12.7. The van der Waals surface area contributed by atoms with Gasteiger partial charge < -0.3 is 14.2 Å². The SMILES string of the molecule is Cc1c(-c2ccccn2)cn(C2CCN(C(=O)OCc3ccccc3)CC2)c(=O)c1-c1ccccc1C#N. The number of piperidine rings is 1. The van der Waals surface area contributed by atoms with E-state index in [1.165, 1.54) is 0 Å². The molecule has 3 heterocycles. The summed E-state index contributed by atoms with van der Waals surface area (Å²) in [6.45, 7) is 3.11. The molecule has 1 aliphatic rings. The van der Waals surface area contributed by atoms with E-state index in [1.54, 1.807) is 27.8 Å². The van der Waals surface area contributed by atoms with Crippen LogP contribution < -0.4 is 5.56 Å². The first kappa shape index (κ1) is 25.0. The zero-order valence-corrected chi connectivity index (χ0v) is 21.2. The van der Waals surface area contributed by atoms with E-state index < -0.39 is 0 Å². The molecule has 190 valence electrons. The molecule has 0 saturated carbocycles. The second-order valence-corrected chi connectivity index (χ2v) is 9.39. The fourth-order valence-electron chi connectivity index (χ4n) is 5.02. The summed E-state index contributed by atoms with van der Waals surface area (Å²) in [5.41, 5.74) is 4.77. The van der Waals surface area contributed by atoms with Crippen molar-refractivity contribution in [3.05, 3.63) is 112 Å². The van der Waals surface area contributed by atoms with Crippen LogP contribution in [0.2, 0.25) is 0 Å². The van der Waals surface area contributed by atoms with Crippen molar-refractivity contribution in [2.24, 2.45) is 0 Å². The standard InChI is InChI=1S/C31H28N4O3/c1-22-27(28-13-7-8-16-33-28)20-35(30(36)29(22)26-12-6-5-11-24(26)19-32)25-14-17-34(18-15-25)31(37)38-21-23-9-3-2-4-10-23/h2-13,16,20,25H,14-15,17-18,21H2,1H3. The summed E-state index contributed by atoms with van der Waals surface area (Å²) >= 11 is 0. The van der Waals surface area contributed by atoms with Crippen molar-refractivity contribution in [1.82, 2.24) is 14.5 Å². The third-order valence-electron chi connectivity index (χ3n) is 7.07. The largest absolute Gasteiger partial charge is 0.445 e. The zero-order valence-electron chi connectivity index (χ0n) is 21.2. The van der Waals surface area contributed by atoms with Crippen LogP contribution in [0.5, 0.6) is 0 Å². The van der Waals surface area contributed by atoms with Crippen LogP contribution in [0.25, 0.3) is 22.4 Å². The molecule has 0 N–H and O–H groups in total. The Hall–Kier alpha value is -4.70. The fraction of sp³-hybridized carbons (Fsp3) is 0.226. The highest BCUT2D eigenvalue weighted by Crippen LogP contribution is 2.32. The molecule has 0 bridgehead atoms. The molecule has 1 aliphatic heterocycles. The van der Waals surface area contributed by atoms with Gasteiger partial charge in [-0.3, -0.25) is 9.78 Å². The second kappa shape index (κ2) is 11.1. The molecule has 0 radical (unpaired) electrons. The smallest absolute Gasteiger partial charge is 0.410 e. The summed E-state index contributed by atoms with van der Waals surface area (Å²) in [4.78, 5) is 32.8. The molecule has 7 heteroatoms. The van der Waals surface area contributed by atoms with Crippen LogP contribution in [-0.2, 0) is 11.3 Å². The predicted octanol–water partition coefficient (Wildman–Crippen LogP) is 5.73. The lowest BCUT2D eigenvalue weighted by Gasteiger charge is -2.33. The lowest BCUT2D eigenvalue weighted by Crippen LogP contribution is -2.41. The van der Waals surface area contributed by atoms with Crippen molar-refractivity contribution in [2.75, 3.05) is 13.1 Å². The van der Waals surface area contributed by atoms with Gasteiger partial charge in [0, 0.05) is 42.7 Å². The first-order chi connectivity index (χ1) is 18.6. The maximum absolute atomic E-state index is 13.9. The van der Waals surface area contributed by atoms with E-state index in [-0.39, 0.29) is 24.3 Å². The molecular formula is C31H28N4O3. The number of rotatable bonds is 5. The third kappa shape index (κ3) is 5.07. The number of likely N-dealkylation sites (tertiary alicyclic amines) is 1. The highest BCUT2D eigenvalue weighted by Gasteiger charge is 2.28. The summed E-state index contributed by atoms with van der Waals surface area (Å²) in [6, 6.07) is 24.6. The van der Waals surface area contributed by atoms with Gasteiger partial charge in [-0.2, -0.15) is 5.26 Å². The fourth-order valence-corrected chi connectivity index (χ4v) is 5.02. The molecule has 0 spiro atoms. The molecule has 1 fully saturated rings. The molecule has 1 saturated heterocycles. The van der Waals surface area contributed by atoms with E-state index in [1.807, 2.05) is 73.8 Å². The zero-order chi connectivity index (χ0) is 26.5. The number of hydrogen-bond acceptors (Lipinski definition) is 5. The molecule has 2 aromatic carbocycles. The molecule has 5 rings (SSSR count). The molecule has 0 atom stereocenters. The number of pyridine rings is 2. The van der Waals surface area contributed by atoms with Gasteiger partial charge in [-0.05, 0) is 49.1 Å². The lowest BCUT2D eigenvalue weighted by molar-refractivity contribution is 0.0829. The minimum absolute atomic E-state index is 0.100. The highest BCUT2D eigenvalue weighted by molar-refractivity contribution is 5.79. The van der Waals surface area contributed by atoms with Gasteiger partial charge in [-0.15, -0.1) is 0 Å². The Bertz CT molecular complexity index is 1530. The van der Waals surface area contributed by atoms with Crippen molar-refractivity contribution < 1.29 is 9.53 Å². The van der Waals surface area contributed by atoms with Crippen molar-refractivity contribution >= 4 is 6.09 Å². The summed E-state index contributed by atoms with van der Waals surface area (Å²) in [6.07, 6.45) is 4.50. The molecule has 4 aromatic rings. The quantitative estimate of drug-likeness (QED) is 0.346. The number of benzene rings is 2. The average molecular weight is 505 g/mol. The van der Waals surface area contributed by atoms with Crippen LogP contribution in [0.3, 0.4) is 0 Å². The maximum atomic E-state index is 13.9. The van der Waals surface area contributed by atoms with Gasteiger partial charge in [-0.1, -0.05) is 54.6 Å². The third-order valence-corrected chi connectivity index (χ3v) is 7.07. The van der Waals surface area contributed by atoms with E-state index in [0.717, 1.165) is 22.4 Å².